The van der Waals surface area contributed by atoms with Gasteiger partial charge < -0.3 is 9.64 Å². The molecule has 1 unspecified atom stereocenters. The summed E-state index contributed by atoms with van der Waals surface area (Å²) in [5, 5.41) is 0.794. The minimum Gasteiger partial charge on any atom is -0.493 e. The summed E-state index contributed by atoms with van der Waals surface area (Å²) < 4.78 is 31.6. The zero-order valence-electron chi connectivity index (χ0n) is 16.8. The molecule has 0 aromatic heterocycles. The number of hydrogen-bond donors (Lipinski definition) is 1. The van der Waals surface area contributed by atoms with Crippen molar-refractivity contribution < 1.29 is 13.2 Å². The third-order valence-corrected chi connectivity index (χ3v) is 6.86. The first-order chi connectivity index (χ1) is 13.9. The van der Waals surface area contributed by atoms with Crippen molar-refractivity contribution in [2.45, 2.75) is 25.0 Å². The number of nitrogens with one attached hydrogen (secondary N) is 1. The molecule has 29 heavy (non-hydrogen) atoms. The summed E-state index contributed by atoms with van der Waals surface area (Å²) in [6.45, 7) is 3.89. The van der Waals surface area contributed by atoms with Gasteiger partial charge in [0.25, 0.3) is 0 Å². The van der Waals surface area contributed by atoms with E-state index < -0.39 is 10.0 Å². The van der Waals surface area contributed by atoms with Gasteiger partial charge in [0.1, 0.15) is 5.75 Å². The summed E-state index contributed by atoms with van der Waals surface area (Å²) in [5.41, 5.74) is 2.02. The molecule has 0 radical (unpaired) electrons. The topological polar surface area (TPSA) is 58.6 Å². The highest BCUT2D eigenvalue weighted by molar-refractivity contribution is 7.88. The molecule has 7 heteroatoms. The lowest BCUT2D eigenvalue weighted by Gasteiger charge is -2.32. The number of hydrogen-bond acceptors (Lipinski definition) is 4. The summed E-state index contributed by atoms with van der Waals surface area (Å²) in [7, 11) is -1.83. The van der Waals surface area contributed by atoms with Crippen molar-refractivity contribution in [3.63, 3.8) is 0 Å². The van der Waals surface area contributed by atoms with Crippen LogP contribution in [0.15, 0.2) is 48.5 Å². The number of rotatable bonds is 9. The molecule has 3 rings (SSSR count). The Kier molecular flexibility index (Phi) is 7.95. The summed E-state index contributed by atoms with van der Waals surface area (Å²) in [6.07, 6.45) is 3.36. The quantitative estimate of drug-likeness (QED) is 0.650. The molecule has 2 aromatic rings. The van der Waals surface area contributed by atoms with Crippen molar-refractivity contribution in [3.05, 3.63) is 64.7 Å². The lowest BCUT2D eigenvalue weighted by molar-refractivity contribution is 0.131. The molecule has 0 bridgehead atoms. The molecule has 0 amide bonds. The molecule has 0 spiro atoms. The zero-order valence-corrected chi connectivity index (χ0v) is 18.4. The molecule has 5 nitrogen and oxygen atoms in total. The number of halogens is 1. The van der Waals surface area contributed by atoms with Gasteiger partial charge in [0.15, 0.2) is 0 Å². The van der Waals surface area contributed by atoms with Crippen molar-refractivity contribution in [2.24, 2.45) is 5.92 Å². The zero-order chi connectivity index (χ0) is 20.7. The third kappa shape index (κ3) is 7.30. The van der Waals surface area contributed by atoms with Crippen LogP contribution in [0.3, 0.4) is 0 Å². The van der Waals surface area contributed by atoms with Gasteiger partial charge in [-0.1, -0.05) is 35.9 Å². The maximum atomic E-state index is 11.6. The largest absolute Gasteiger partial charge is 0.493 e. The lowest BCUT2D eigenvalue weighted by atomic mass is 9.98. The number of piperidine rings is 1. The van der Waals surface area contributed by atoms with E-state index in [0.717, 1.165) is 42.4 Å². The van der Waals surface area contributed by atoms with Gasteiger partial charge in [0.2, 0.25) is 10.0 Å². The highest BCUT2D eigenvalue weighted by Gasteiger charge is 2.20. The van der Waals surface area contributed by atoms with E-state index in [1.807, 2.05) is 42.5 Å². The number of ether oxygens (including phenoxy) is 1. The van der Waals surface area contributed by atoms with Gasteiger partial charge in [-0.2, -0.15) is 0 Å². The summed E-state index contributed by atoms with van der Waals surface area (Å²) in [5.74, 6) is 1.27. The van der Waals surface area contributed by atoms with Crippen LogP contribution in [-0.2, 0) is 22.2 Å². The molecule has 158 valence electrons. The first-order valence-corrected chi connectivity index (χ1v) is 12.1. The second-order valence-electron chi connectivity index (χ2n) is 7.61. The molecule has 2 aromatic carbocycles. The Bertz CT molecular complexity index is 887. The summed E-state index contributed by atoms with van der Waals surface area (Å²) in [6, 6.07) is 15.4. The van der Waals surface area contributed by atoms with E-state index in [-0.39, 0.29) is 5.75 Å². The smallest absolute Gasteiger partial charge is 0.215 e. The van der Waals surface area contributed by atoms with Crippen molar-refractivity contribution in [3.8, 4) is 5.75 Å². The van der Waals surface area contributed by atoms with Gasteiger partial charge in [-0.15, -0.1) is 0 Å². The average molecular weight is 437 g/mol. The third-order valence-electron chi connectivity index (χ3n) is 5.29. The minimum absolute atomic E-state index is 0.0198. The standard InChI is InChI=1S/C22H29ClN2O3S/c1-24-29(26,27)17-19-7-9-22(10-8-19)28-16-20-5-3-12-25(15-20)13-11-18-4-2-6-21(23)14-18/h2,4,6-10,14,20,24H,3,5,11-13,15-17H2,1H3. The van der Waals surface area contributed by atoms with Crippen molar-refractivity contribution in [2.75, 3.05) is 33.3 Å². The van der Waals surface area contributed by atoms with E-state index >= 15 is 0 Å². The molecule has 1 fully saturated rings. The second kappa shape index (κ2) is 10.4. The number of benzene rings is 2. The molecule has 1 aliphatic heterocycles. The highest BCUT2D eigenvalue weighted by Crippen LogP contribution is 2.20. The monoisotopic (exact) mass is 436 g/mol. The van der Waals surface area contributed by atoms with Gasteiger partial charge in [-0.3, -0.25) is 0 Å². The van der Waals surface area contributed by atoms with Crippen LogP contribution in [0.4, 0.5) is 0 Å². The Morgan fingerprint density at radius 2 is 1.97 bits per heavy atom. The van der Waals surface area contributed by atoms with E-state index in [1.165, 1.54) is 25.5 Å². The van der Waals surface area contributed by atoms with Gasteiger partial charge in [-0.05, 0) is 68.2 Å². The highest BCUT2D eigenvalue weighted by atomic mass is 35.5. The van der Waals surface area contributed by atoms with Crippen LogP contribution >= 0.6 is 11.6 Å². The normalized spacial score (nSPS) is 17.9. The molecule has 1 atom stereocenters. The van der Waals surface area contributed by atoms with Gasteiger partial charge >= 0.3 is 0 Å². The number of sulfonamides is 1. The fourth-order valence-corrected chi connectivity index (χ4v) is 4.65. The van der Waals surface area contributed by atoms with E-state index in [0.29, 0.717) is 12.5 Å². The van der Waals surface area contributed by atoms with Crippen LogP contribution in [0.25, 0.3) is 0 Å². The number of nitrogens with zero attached hydrogens (tertiary/aromatic N) is 1. The first kappa shape index (κ1) is 22.1. The maximum absolute atomic E-state index is 11.6. The van der Waals surface area contributed by atoms with Crippen LogP contribution in [0.1, 0.15) is 24.0 Å². The molecule has 0 aliphatic carbocycles. The summed E-state index contributed by atoms with van der Waals surface area (Å²) in [4.78, 5) is 2.50. The van der Waals surface area contributed by atoms with Crippen LogP contribution in [0.5, 0.6) is 5.75 Å². The van der Waals surface area contributed by atoms with Gasteiger partial charge in [0, 0.05) is 24.0 Å². The predicted molar refractivity (Wildman–Crippen MR) is 118 cm³/mol. The van der Waals surface area contributed by atoms with Crippen molar-refractivity contribution >= 4 is 21.6 Å². The van der Waals surface area contributed by atoms with Crippen LogP contribution < -0.4 is 9.46 Å². The SMILES string of the molecule is CNS(=O)(=O)Cc1ccc(OCC2CCCN(CCc3cccc(Cl)c3)C2)cc1. The van der Waals surface area contributed by atoms with E-state index in [4.69, 9.17) is 16.3 Å². The molecule has 0 saturated carbocycles. The van der Waals surface area contributed by atoms with Gasteiger partial charge in [0.05, 0.1) is 12.4 Å². The molecule has 1 N–H and O–H groups in total. The van der Waals surface area contributed by atoms with Crippen molar-refractivity contribution in [1.29, 1.82) is 0 Å². The molecular formula is C22H29ClN2O3S. The minimum atomic E-state index is -3.25. The van der Waals surface area contributed by atoms with E-state index in [9.17, 15) is 8.42 Å². The Hall–Kier alpha value is -1.60. The lowest BCUT2D eigenvalue weighted by Crippen LogP contribution is -2.38. The summed E-state index contributed by atoms with van der Waals surface area (Å²) >= 11 is 6.07. The molecule has 1 heterocycles. The Balaban J connectivity index is 1.44. The Morgan fingerprint density at radius 1 is 1.17 bits per heavy atom. The van der Waals surface area contributed by atoms with E-state index in [1.54, 1.807) is 0 Å². The maximum Gasteiger partial charge on any atom is 0.215 e. The van der Waals surface area contributed by atoms with Crippen LogP contribution in [0, 0.1) is 5.92 Å². The fourth-order valence-electron chi connectivity index (χ4n) is 3.66. The van der Waals surface area contributed by atoms with Crippen LogP contribution in [-0.4, -0.2) is 46.6 Å². The molecule has 1 saturated heterocycles. The van der Waals surface area contributed by atoms with Crippen molar-refractivity contribution in [1.82, 2.24) is 9.62 Å². The van der Waals surface area contributed by atoms with E-state index in [2.05, 4.69) is 15.7 Å². The molecule has 1 aliphatic rings. The second-order valence-corrected chi connectivity index (χ2v) is 9.97. The predicted octanol–water partition coefficient (Wildman–Crippen LogP) is 3.72. The fraction of sp³-hybridized carbons (Fsp3) is 0.455. The average Bonchev–Trinajstić information content (AvgIpc) is 2.72. The van der Waals surface area contributed by atoms with Gasteiger partial charge in [-0.25, -0.2) is 13.1 Å². The first-order valence-electron chi connectivity index (χ1n) is 10.0. The van der Waals surface area contributed by atoms with Crippen LogP contribution in [0.2, 0.25) is 5.02 Å². The number of likely N-dealkylation sites (tertiary alicyclic amines) is 1. The Morgan fingerprint density at radius 3 is 2.69 bits per heavy atom. The Labute approximate surface area is 179 Å². The molecular weight excluding hydrogens is 408 g/mol.